The van der Waals surface area contributed by atoms with E-state index >= 15 is 0 Å². The fraction of sp³-hybridized carbons (Fsp3) is 0.286. The second-order valence-electron chi connectivity index (χ2n) is 4.07. The molecule has 1 aromatic carbocycles. The van der Waals surface area contributed by atoms with Crippen molar-refractivity contribution in [2.24, 2.45) is 0 Å². The first-order valence-electron chi connectivity index (χ1n) is 6.12. The van der Waals surface area contributed by atoms with Crippen molar-refractivity contribution in [2.75, 3.05) is 12.4 Å². The highest BCUT2D eigenvalue weighted by Crippen LogP contribution is 2.25. The van der Waals surface area contributed by atoms with Gasteiger partial charge in [-0.15, -0.1) is 0 Å². The van der Waals surface area contributed by atoms with Gasteiger partial charge in [0.05, 0.1) is 23.8 Å². The molecule has 0 saturated heterocycles. The van der Waals surface area contributed by atoms with Gasteiger partial charge in [-0.25, -0.2) is 4.98 Å². The summed E-state index contributed by atoms with van der Waals surface area (Å²) < 4.78 is 5.91. The summed E-state index contributed by atoms with van der Waals surface area (Å²) in [6.07, 6.45) is 2.64. The summed E-state index contributed by atoms with van der Waals surface area (Å²) in [6, 6.07) is 10.4. The Kier molecular flexibility index (Phi) is 4.74. The maximum Gasteiger partial charge on any atom is 0.232 e. The Balaban J connectivity index is 2.19. The summed E-state index contributed by atoms with van der Waals surface area (Å²) >= 11 is 3.34. The van der Waals surface area contributed by atoms with E-state index in [0.717, 1.165) is 10.9 Å². The maximum atomic E-state index is 5.17. The molecule has 1 atom stereocenters. The zero-order valence-electron chi connectivity index (χ0n) is 10.9. The topological polar surface area (TPSA) is 47.0 Å². The van der Waals surface area contributed by atoms with E-state index in [1.165, 1.54) is 5.56 Å². The first-order valence-corrected chi connectivity index (χ1v) is 6.92. The normalized spacial score (nSPS) is 11.9. The van der Waals surface area contributed by atoms with Crippen LogP contribution in [0.3, 0.4) is 0 Å². The zero-order chi connectivity index (χ0) is 13.7. The fourth-order valence-electron chi connectivity index (χ4n) is 1.83. The third-order valence-electron chi connectivity index (χ3n) is 2.82. The number of rotatable bonds is 5. The minimum absolute atomic E-state index is 0.187. The van der Waals surface area contributed by atoms with Gasteiger partial charge in [0.15, 0.2) is 0 Å². The van der Waals surface area contributed by atoms with E-state index in [1.54, 1.807) is 13.3 Å². The average molecular weight is 322 g/mol. The number of nitrogens with zero attached hydrogens (tertiary/aromatic N) is 2. The van der Waals surface area contributed by atoms with Gasteiger partial charge in [-0.05, 0) is 27.9 Å². The monoisotopic (exact) mass is 321 g/mol. The molecule has 0 aliphatic rings. The quantitative estimate of drug-likeness (QED) is 0.909. The lowest BCUT2D eigenvalue weighted by Crippen LogP contribution is -2.12. The van der Waals surface area contributed by atoms with Crippen molar-refractivity contribution < 1.29 is 4.74 Å². The van der Waals surface area contributed by atoms with Gasteiger partial charge in [-0.3, -0.25) is 0 Å². The van der Waals surface area contributed by atoms with E-state index in [4.69, 9.17) is 4.74 Å². The smallest absolute Gasteiger partial charge is 0.232 e. The average Bonchev–Trinajstić information content (AvgIpc) is 2.47. The van der Waals surface area contributed by atoms with Gasteiger partial charge >= 0.3 is 0 Å². The van der Waals surface area contributed by atoms with Crippen LogP contribution in [-0.2, 0) is 0 Å². The zero-order valence-corrected chi connectivity index (χ0v) is 12.5. The van der Waals surface area contributed by atoms with Gasteiger partial charge in [0, 0.05) is 0 Å². The Bertz CT molecular complexity index is 533. The molecular weight excluding hydrogens is 306 g/mol. The number of halogens is 1. The lowest BCUT2D eigenvalue weighted by molar-refractivity contribution is 0.394. The summed E-state index contributed by atoms with van der Waals surface area (Å²) in [5, 5.41) is 3.32. The van der Waals surface area contributed by atoms with Gasteiger partial charge in [0.25, 0.3) is 0 Å². The lowest BCUT2D eigenvalue weighted by Gasteiger charge is -2.17. The largest absolute Gasteiger partial charge is 0.480 e. The van der Waals surface area contributed by atoms with Crippen LogP contribution in [0.4, 0.5) is 5.95 Å². The second-order valence-corrected chi connectivity index (χ2v) is 4.92. The van der Waals surface area contributed by atoms with E-state index in [2.05, 4.69) is 50.3 Å². The summed E-state index contributed by atoms with van der Waals surface area (Å²) in [4.78, 5) is 8.56. The highest BCUT2D eigenvalue weighted by atomic mass is 79.9. The molecule has 1 N–H and O–H groups in total. The molecule has 2 rings (SSSR count). The minimum Gasteiger partial charge on any atom is -0.480 e. The highest BCUT2D eigenvalue weighted by molar-refractivity contribution is 9.10. The maximum absolute atomic E-state index is 5.17. The molecule has 0 radical (unpaired) electrons. The number of aromatic nitrogens is 2. The number of methoxy groups -OCH3 is 1. The van der Waals surface area contributed by atoms with Crippen LogP contribution < -0.4 is 10.1 Å². The van der Waals surface area contributed by atoms with E-state index in [1.807, 2.05) is 18.2 Å². The van der Waals surface area contributed by atoms with Crippen molar-refractivity contribution in [1.82, 2.24) is 9.97 Å². The first kappa shape index (κ1) is 13.8. The molecule has 0 saturated carbocycles. The van der Waals surface area contributed by atoms with E-state index < -0.39 is 0 Å². The molecule has 19 heavy (non-hydrogen) atoms. The number of nitrogens with one attached hydrogen (secondary N) is 1. The van der Waals surface area contributed by atoms with Crippen LogP contribution in [0.15, 0.2) is 41.0 Å². The summed E-state index contributed by atoms with van der Waals surface area (Å²) in [7, 11) is 1.59. The van der Waals surface area contributed by atoms with Gasteiger partial charge < -0.3 is 10.1 Å². The Labute approximate surface area is 121 Å². The lowest BCUT2D eigenvalue weighted by atomic mass is 10.1. The van der Waals surface area contributed by atoms with Crippen LogP contribution in [0.2, 0.25) is 0 Å². The summed E-state index contributed by atoms with van der Waals surface area (Å²) in [5.41, 5.74) is 1.22. The van der Waals surface area contributed by atoms with Crippen molar-refractivity contribution >= 4 is 21.9 Å². The SMILES string of the molecule is CCC(Nc1ncc(Br)c(OC)n1)c1ccccc1. The molecule has 0 spiro atoms. The van der Waals surface area contributed by atoms with Crippen LogP contribution in [0, 0.1) is 0 Å². The fourth-order valence-corrected chi connectivity index (χ4v) is 2.18. The Hall–Kier alpha value is -1.62. The van der Waals surface area contributed by atoms with Gasteiger partial charge in [-0.1, -0.05) is 37.3 Å². The standard InChI is InChI=1S/C14H16BrN3O/c1-3-12(10-7-5-4-6-8-10)17-14-16-9-11(15)13(18-14)19-2/h4-9,12H,3H2,1-2H3,(H,16,17,18). The van der Waals surface area contributed by atoms with Crippen molar-refractivity contribution in [2.45, 2.75) is 19.4 Å². The molecule has 0 bridgehead atoms. The van der Waals surface area contributed by atoms with Crippen molar-refractivity contribution in [3.8, 4) is 5.88 Å². The van der Waals surface area contributed by atoms with E-state index in [-0.39, 0.29) is 6.04 Å². The number of benzene rings is 1. The third-order valence-corrected chi connectivity index (χ3v) is 3.36. The van der Waals surface area contributed by atoms with Crippen molar-refractivity contribution in [3.05, 3.63) is 46.6 Å². The van der Waals surface area contributed by atoms with E-state index in [9.17, 15) is 0 Å². The predicted octanol–water partition coefficient (Wildman–Crippen LogP) is 3.81. The van der Waals surface area contributed by atoms with Crippen LogP contribution >= 0.6 is 15.9 Å². The Morgan fingerprint density at radius 3 is 2.68 bits per heavy atom. The molecule has 0 fully saturated rings. The van der Waals surface area contributed by atoms with Crippen molar-refractivity contribution in [1.29, 1.82) is 0 Å². The number of hydrogen-bond donors (Lipinski definition) is 1. The number of hydrogen-bond acceptors (Lipinski definition) is 4. The molecular formula is C14H16BrN3O. The Morgan fingerprint density at radius 1 is 1.32 bits per heavy atom. The second kappa shape index (κ2) is 6.52. The Morgan fingerprint density at radius 2 is 2.05 bits per heavy atom. The molecule has 1 heterocycles. The molecule has 100 valence electrons. The van der Waals surface area contributed by atoms with E-state index in [0.29, 0.717) is 11.8 Å². The number of ether oxygens (including phenoxy) is 1. The van der Waals surface area contributed by atoms with Gasteiger partial charge in [-0.2, -0.15) is 4.98 Å². The van der Waals surface area contributed by atoms with Crippen molar-refractivity contribution in [3.63, 3.8) is 0 Å². The molecule has 4 nitrogen and oxygen atoms in total. The molecule has 2 aromatic rings. The molecule has 0 aliphatic heterocycles. The highest BCUT2D eigenvalue weighted by Gasteiger charge is 2.11. The third kappa shape index (κ3) is 3.44. The van der Waals surface area contributed by atoms with Gasteiger partial charge in [0.2, 0.25) is 11.8 Å². The van der Waals surface area contributed by atoms with Gasteiger partial charge in [0.1, 0.15) is 0 Å². The minimum atomic E-state index is 0.187. The van der Waals surface area contributed by atoms with Crippen LogP contribution in [-0.4, -0.2) is 17.1 Å². The molecule has 1 unspecified atom stereocenters. The first-order chi connectivity index (χ1) is 9.24. The van der Waals surface area contributed by atoms with Crippen LogP contribution in [0.1, 0.15) is 24.9 Å². The molecule has 0 aliphatic carbocycles. The molecule has 5 heteroatoms. The predicted molar refractivity (Wildman–Crippen MR) is 79.4 cm³/mol. The summed E-state index contributed by atoms with van der Waals surface area (Å²) in [5.74, 6) is 1.09. The van der Waals surface area contributed by atoms with Crippen LogP contribution in [0.25, 0.3) is 0 Å². The molecule has 0 amide bonds. The molecule has 1 aromatic heterocycles. The summed E-state index contributed by atoms with van der Waals surface area (Å²) in [6.45, 7) is 2.13. The van der Waals surface area contributed by atoms with Crippen LogP contribution in [0.5, 0.6) is 5.88 Å². The number of anilines is 1.